The normalized spacial score (nSPS) is 20.9. The predicted molar refractivity (Wildman–Crippen MR) is 63.6 cm³/mol. The first-order valence-electron chi connectivity index (χ1n) is 4.71. The molecule has 0 saturated carbocycles. The second-order valence-corrected chi connectivity index (χ2v) is 5.56. The Bertz CT molecular complexity index is 394. The molecular weight excluding hydrogens is 279 g/mol. The maximum atomic E-state index is 13.5. The van der Waals surface area contributed by atoms with Gasteiger partial charge in [0, 0.05) is 16.1 Å². The van der Waals surface area contributed by atoms with Crippen molar-refractivity contribution in [1.29, 1.82) is 0 Å². The van der Waals surface area contributed by atoms with Gasteiger partial charge in [-0.2, -0.15) is 11.8 Å². The van der Waals surface area contributed by atoms with Crippen molar-refractivity contribution in [1.82, 2.24) is 0 Å². The fourth-order valence-electron chi connectivity index (χ4n) is 1.64. The van der Waals surface area contributed by atoms with Crippen LogP contribution in [0, 0.1) is 11.7 Å². The second-order valence-electron chi connectivity index (χ2n) is 3.62. The van der Waals surface area contributed by atoms with Gasteiger partial charge in [-0.25, -0.2) is 4.39 Å². The van der Waals surface area contributed by atoms with Crippen LogP contribution in [0.5, 0.6) is 0 Å². The molecule has 1 aliphatic heterocycles. The molecule has 1 aliphatic rings. The largest absolute Gasteiger partial charge is 0.298 e. The number of carbonyl (C=O) groups excluding carboxylic acids is 1. The maximum Gasteiger partial charge on any atom is 0.146 e. The molecule has 1 aromatic rings. The zero-order valence-corrected chi connectivity index (χ0v) is 10.4. The molecule has 2 rings (SSSR count). The Balaban J connectivity index is 2.13. The number of benzene rings is 1. The van der Waals surface area contributed by atoms with Gasteiger partial charge in [0.1, 0.15) is 11.6 Å². The fourth-order valence-corrected chi connectivity index (χ4v) is 3.11. The van der Waals surface area contributed by atoms with E-state index in [0.717, 1.165) is 10.2 Å². The summed E-state index contributed by atoms with van der Waals surface area (Å²) in [5.41, 5.74) is 0.638. The van der Waals surface area contributed by atoms with E-state index in [1.807, 2.05) is 6.07 Å². The number of thioether (sulfide) groups is 1. The third kappa shape index (κ3) is 2.61. The summed E-state index contributed by atoms with van der Waals surface area (Å²) in [6.45, 7) is 0. The molecule has 1 saturated heterocycles. The molecule has 0 bridgehead atoms. The summed E-state index contributed by atoms with van der Waals surface area (Å²) in [4.78, 5) is 11.4. The first-order chi connectivity index (χ1) is 7.16. The molecule has 0 aliphatic carbocycles. The summed E-state index contributed by atoms with van der Waals surface area (Å²) in [5.74, 6) is 1.44. The van der Waals surface area contributed by atoms with Crippen molar-refractivity contribution in [3.05, 3.63) is 34.1 Å². The van der Waals surface area contributed by atoms with E-state index in [2.05, 4.69) is 15.9 Å². The van der Waals surface area contributed by atoms with E-state index in [0.29, 0.717) is 17.7 Å². The summed E-state index contributed by atoms with van der Waals surface area (Å²) in [7, 11) is 0. The van der Waals surface area contributed by atoms with Crippen LogP contribution in [0.15, 0.2) is 22.7 Å². The summed E-state index contributed by atoms with van der Waals surface area (Å²) in [6, 6.07) is 5.00. The highest BCUT2D eigenvalue weighted by Crippen LogP contribution is 2.25. The molecule has 1 nitrogen and oxygen atoms in total. The van der Waals surface area contributed by atoms with Crippen LogP contribution in [0.3, 0.4) is 0 Å². The maximum absolute atomic E-state index is 13.5. The highest BCUT2D eigenvalue weighted by molar-refractivity contribution is 9.10. The van der Waals surface area contributed by atoms with E-state index in [1.165, 1.54) is 6.07 Å². The summed E-state index contributed by atoms with van der Waals surface area (Å²) < 4.78 is 14.2. The number of hydrogen-bond donors (Lipinski definition) is 0. The Morgan fingerprint density at radius 3 is 2.93 bits per heavy atom. The second kappa shape index (κ2) is 4.66. The minimum absolute atomic E-state index is 0.00526. The highest BCUT2D eigenvalue weighted by Gasteiger charge is 2.25. The van der Waals surface area contributed by atoms with Gasteiger partial charge in [0.05, 0.1) is 5.75 Å². The van der Waals surface area contributed by atoms with E-state index in [9.17, 15) is 9.18 Å². The third-order valence-electron chi connectivity index (χ3n) is 2.50. The van der Waals surface area contributed by atoms with E-state index in [-0.39, 0.29) is 17.5 Å². The van der Waals surface area contributed by atoms with Crippen LogP contribution in [-0.2, 0) is 11.2 Å². The van der Waals surface area contributed by atoms with Gasteiger partial charge < -0.3 is 0 Å². The highest BCUT2D eigenvalue weighted by atomic mass is 79.9. The molecule has 1 fully saturated rings. The number of ketones is 1. The molecule has 4 heteroatoms. The van der Waals surface area contributed by atoms with Gasteiger partial charge in [-0.15, -0.1) is 0 Å². The quantitative estimate of drug-likeness (QED) is 0.832. The lowest BCUT2D eigenvalue weighted by Crippen LogP contribution is -2.14. The Kier molecular flexibility index (Phi) is 3.46. The topological polar surface area (TPSA) is 17.1 Å². The molecule has 0 amide bonds. The van der Waals surface area contributed by atoms with Crippen molar-refractivity contribution in [3.8, 4) is 0 Å². The Labute approximate surface area is 101 Å². The number of hydrogen-bond acceptors (Lipinski definition) is 2. The summed E-state index contributed by atoms with van der Waals surface area (Å²) >= 11 is 4.85. The van der Waals surface area contributed by atoms with Crippen LogP contribution < -0.4 is 0 Å². The Morgan fingerprint density at radius 2 is 2.33 bits per heavy atom. The van der Waals surface area contributed by atoms with E-state index >= 15 is 0 Å². The van der Waals surface area contributed by atoms with E-state index in [4.69, 9.17) is 0 Å². The number of carbonyl (C=O) groups is 1. The predicted octanol–water partition coefficient (Wildman–Crippen LogP) is 3.06. The van der Waals surface area contributed by atoms with Gasteiger partial charge in [-0.1, -0.05) is 22.0 Å². The first-order valence-corrected chi connectivity index (χ1v) is 6.66. The lowest BCUT2D eigenvalue weighted by atomic mass is 9.98. The standard InChI is InChI=1S/C11H10BrFOS/c12-9-2-1-7(10(13)4-9)3-8-5-15-6-11(8)14/h1-2,4,8H,3,5-6H2. The Morgan fingerprint density at radius 1 is 1.53 bits per heavy atom. The monoisotopic (exact) mass is 288 g/mol. The van der Waals surface area contributed by atoms with Crippen molar-refractivity contribution in [2.45, 2.75) is 6.42 Å². The molecular formula is C11H10BrFOS. The van der Waals surface area contributed by atoms with Crippen molar-refractivity contribution in [2.75, 3.05) is 11.5 Å². The SMILES string of the molecule is O=C1CSCC1Cc1ccc(Br)cc1F. The summed E-state index contributed by atoms with van der Waals surface area (Å²) in [5, 5.41) is 0. The first kappa shape index (κ1) is 11.1. The van der Waals surface area contributed by atoms with E-state index in [1.54, 1.807) is 17.8 Å². The molecule has 0 spiro atoms. The van der Waals surface area contributed by atoms with Crippen LogP contribution in [0.25, 0.3) is 0 Å². The van der Waals surface area contributed by atoms with Crippen molar-refractivity contribution < 1.29 is 9.18 Å². The zero-order chi connectivity index (χ0) is 10.8. The van der Waals surface area contributed by atoms with Gasteiger partial charge in [0.25, 0.3) is 0 Å². The number of Topliss-reactive ketones (excluding diaryl/α,β-unsaturated/α-hetero) is 1. The van der Waals surface area contributed by atoms with Crippen molar-refractivity contribution in [2.24, 2.45) is 5.92 Å². The lowest BCUT2D eigenvalue weighted by Gasteiger charge is -2.08. The lowest BCUT2D eigenvalue weighted by molar-refractivity contribution is -0.119. The molecule has 0 aromatic heterocycles. The average Bonchev–Trinajstić information content (AvgIpc) is 2.57. The van der Waals surface area contributed by atoms with Crippen molar-refractivity contribution >= 4 is 33.5 Å². The number of rotatable bonds is 2. The summed E-state index contributed by atoms with van der Waals surface area (Å²) in [6.07, 6.45) is 0.533. The molecule has 1 unspecified atom stereocenters. The van der Waals surface area contributed by atoms with Crippen LogP contribution in [-0.4, -0.2) is 17.3 Å². The van der Waals surface area contributed by atoms with Gasteiger partial charge in [-0.05, 0) is 24.1 Å². The Hall–Kier alpha value is -0.350. The molecule has 15 heavy (non-hydrogen) atoms. The van der Waals surface area contributed by atoms with Gasteiger partial charge >= 0.3 is 0 Å². The van der Waals surface area contributed by atoms with Crippen LogP contribution in [0.4, 0.5) is 4.39 Å². The molecule has 0 N–H and O–H groups in total. The number of halogens is 2. The molecule has 0 radical (unpaired) electrons. The minimum Gasteiger partial charge on any atom is -0.298 e. The van der Waals surface area contributed by atoms with Crippen molar-refractivity contribution in [3.63, 3.8) is 0 Å². The smallest absolute Gasteiger partial charge is 0.146 e. The van der Waals surface area contributed by atoms with Crippen LogP contribution in [0.1, 0.15) is 5.56 Å². The minimum atomic E-state index is -0.228. The molecule has 1 aromatic carbocycles. The van der Waals surface area contributed by atoms with E-state index < -0.39 is 0 Å². The molecule has 1 heterocycles. The average molecular weight is 289 g/mol. The van der Waals surface area contributed by atoms with Gasteiger partial charge in [0.2, 0.25) is 0 Å². The third-order valence-corrected chi connectivity index (χ3v) is 4.12. The molecule has 80 valence electrons. The molecule has 1 atom stereocenters. The fraction of sp³-hybridized carbons (Fsp3) is 0.364. The van der Waals surface area contributed by atoms with Gasteiger partial charge in [0.15, 0.2) is 0 Å². The van der Waals surface area contributed by atoms with Crippen LogP contribution >= 0.6 is 27.7 Å². The van der Waals surface area contributed by atoms with Crippen LogP contribution in [0.2, 0.25) is 0 Å². The van der Waals surface area contributed by atoms with Gasteiger partial charge in [-0.3, -0.25) is 4.79 Å². The zero-order valence-electron chi connectivity index (χ0n) is 8.00.